The van der Waals surface area contributed by atoms with Crippen LogP contribution in [0.15, 0.2) is 24.3 Å². The Hall–Kier alpha value is -1.11. The molecule has 1 N–H and O–H groups in total. The van der Waals surface area contributed by atoms with Gasteiger partial charge in [-0.05, 0) is 24.1 Å². The van der Waals surface area contributed by atoms with E-state index in [1.54, 1.807) is 0 Å². The molecule has 6 heteroatoms. The summed E-state index contributed by atoms with van der Waals surface area (Å²) in [4.78, 5) is 2.08. The monoisotopic (exact) mass is 303 g/mol. The Labute approximate surface area is 122 Å². The molecule has 0 aromatic heterocycles. The second-order valence-electron chi connectivity index (χ2n) is 5.30. The standard InChI is InChI=1S/C15H20F3NO2/c1-2-13(20)9-19-7-8-21-14(10-19)11-3-5-12(6-4-11)15(16,17)18/h3-6,13-14,20H,2,7-10H2,1H3/t13-,14?/m1/s1. The Morgan fingerprint density at radius 3 is 2.57 bits per heavy atom. The fourth-order valence-electron chi connectivity index (χ4n) is 2.38. The van der Waals surface area contributed by atoms with E-state index in [-0.39, 0.29) is 12.2 Å². The Kier molecular flexibility index (Phi) is 5.24. The summed E-state index contributed by atoms with van der Waals surface area (Å²) in [6, 6.07) is 5.09. The van der Waals surface area contributed by atoms with Gasteiger partial charge in [0.2, 0.25) is 0 Å². The molecule has 1 unspecified atom stereocenters. The summed E-state index contributed by atoms with van der Waals surface area (Å²) in [6.45, 7) is 4.31. The van der Waals surface area contributed by atoms with Crippen molar-refractivity contribution in [2.75, 3.05) is 26.2 Å². The number of aliphatic hydroxyl groups excluding tert-OH is 1. The first-order valence-electron chi connectivity index (χ1n) is 7.09. The highest BCUT2D eigenvalue weighted by Gasteiger charge is 2.31. The molecule has 0 aliphatic carbocycles. The fourth-order valence-corrected chi connectivity index (χ4v) is 2.38. The largest absolute Gasteiger partial charge is 0.416 e. The van der Waals surface area contributed by atoms with Crippen molar-refractivity contribution in [2.24, 2.45) is 0 Å². The lowest BCUT2D eigenvalue weighted by atomic mass is 10.0. The Morgan fingerprint density at radius 1 is 1.33 bits per heavy atom. The topological polar surface area (TPSA) is 32.7 Å². The summed E-state index contributed by atoms with van der Waals surface area (Å²) in [5.41, 5.74) is 0.0824. The quantitative estimate of drug-likeness (QED) is 0.928. The number of aliphatic hydroxyl groups is 1. The van der Waals surface area contributed by atoms with Gasteiger partial charge < -0.3 is 9.84 Å². The zero-order chi connectivity index (χ0) is 15.5. The molecule has 118 valence electrons. The number of halogens is 3. The predicted molar refractivity (Wildman–Crippen MR) is 72.9 cm³/mol. The maximum atomic E-state index is 12.5. The molecule has 21 heavy (non-hydrogen) atoms. The first kappa shape index (κ1) is 16.3. The number of nitrogens with zero attached hydrogens (tertiary/aromatic N) is 1. The van der Waals surface area contributed by atoms with Crippen molar-refractivity contribution in [3.8, 4) is 0 Å². The van der Waals surface area contributed by atoms with Crippen LogP contribution < -0.4 is 0 Å². The second kappa shape index (κ2) is 6.77. The fraction of sp³-hybridized carbons (Fsp3) is 0.600. The summed E-state index contributed by atoms with van der Waals surface area (Å²) in [5.74, 6) is 0. The molecule has 2 atom stereocenters. The zero-order valence-electron chi connectivity index (χ0n) is 11.9. The highest BCUT2D eigenvalue weighted by molar-refractivity contribution is 5.26. The lowest BCUT2D eigenvalue weighted by molar-refractivity contribution is -0.137. The predicted octanol–water partition coefficient (Wildman–Crippen LogP) is 2.85. The van der Waals surface area contributed by atoms with E-state index >= 15 is 0 Å². The highest BCUT2D eigenvalue weighted by atomic mass is 19.4. The number of hydrogen-bond donors (Lipinski definition) is 1. The van der Waals surface area contributed by atoms with Crippen molar-refractivity contribution in [2.45, 2.75) is 31.7 Å². The van der Waals surface area contributed by atoms with Gasteiger partial charge in [0.05, 0.1) is 24.4 Å². The van der Waals surface area contributed by atoms with Gasteiger partial charge >= 0.3 is 6.18 Å². The van der Waals surface area contributed by atoms with Gasteiger partial charge in [-0.15, -0.1) is 0 Å². The highest BCUT2D eigenvalue weighted by Crippen LogP contribution is 2.31. The van der Waals surface area contributed by atoms with Crippen molar-refractivity contribution in [3.63, 3.8) is 0 Å². The number of alkyl halides is 3. The van der Waals surface area contributed by atoms with E-state index in [1.807, 2.05) is 6.92 Å². The molecular formula is C15H20F3NO2. The van der Waals surface area contributed by atoms with Crippen LogP contribution in [0, 0.1) is 0 Å². The van der Waals surface area contributed by atoms with E-state index in [2.05, 4.69) is 4.90 Å². The van der Waals surface area contributed by atoms with E-state index in [9.17, 15) is 18.3 Å². The van der Waals surface area contributed by atoms with Crippen LogP contribution in [-0.4, -0.2) is 42.4 Å². The number of benzene rings is 1. The third-order valence-electron chi connectivity index (χ3n) is 3.70. The van der Waals surface area contributed by atoms with Gasteiger partial charge in [0, 0.05) is 19.6 Å². The van der Waals surface area contributed by atoms with E-state index < -0.39 is 11.7 Å². The molecule has 1 fully saturated rings. The Bertz CT molecular complexity index is 447. The van der Waals surface area contributed by atoms with E-state index in [0.717, 1.165) is 24.2 Å². The van der Waals surface area contributed by atoms with Crippen LogP contribution in [0.5, 0.6) is 0 Å². The SMILES string of the molecule is CC[C@@H](O)CN1CCOC(c2ccc(C(F)(F)F)cc2)C1. The van der Waals surface area contributed by atoms with Crippen LogP contribution in [0.3, 0.4) is 0 Å². The smallest absolute Gasteiger partial charge is 0.392 e. The molecule has 0 spiro atoms. The first-order valence-corrected chi connectivity index (χ1v) is 7.09. The summed E-state index contributed by atoms with van der Waals surface area (Å²) in [7, 11) is 0. The molecule has 0 saturated carbocycles. The Morgan fingerprint density at radius 2 is 2.00 bits per heavy atom. The number of rotatable bonds is 4. The van der Waals surface area contributed by atoms with Crippen LogP contribution in [0.4, 0.5) is 13.2 Å². The summed E-state index contributed by atoms with van der Waals surface area (Å²) < 4.78 is 43.2. The summed E-state index contributed by atoms with van der Waals surface area (Å²) in [5, 5.41) is 9.69. The average Bonchev–Trinajstić information content (AvgIpc) is 2.46. The van der Waals surface area contributed by atoms with Gasteiger partial charge in [0.25, 0.3) is 0 Å². The van der Waals surface area contributed by atoms with Crippen molar-refractivity contribution < 1.29 is 23.0 Å². The number of β-amino-alcohol motifs (C(OH)–C–C–N with tert-alkyl or cyclic N) is 1. The van der Waals surface area contributed by atoms with E-state index in [4.69, 9.17) is 4.74 Å². The average molecular weight is 303 g/mol. The maximum Gasteiger partial charge on any atom is 0.416 e. The molecule has 0 bridgehead atoms. The van der Waals surface area contributed by atoms with Gasteiger partial charge in [0.15, 0.2) is 0 Å². The molecule has 1 aliphatic rings. The van der Waals surface area contributed by atoms with Gasteiger partial charge in [0.1, 0.15) is 0 Å². The normalized spacial score (nSPS) is 22.2. The molecule has 0 radical (unpaired) electrons. The Balaban J connectivity index is 2.01. The third kappa shape index (κ3) is 4.43. The molecule has 0 amide bonds. The van der Waals surface area contributed by atoms with Gasteiger partial charge in [-0.3, -0.25) is 4.90 Å². The minimum Gasteiger partial charge on any atom is -0.392 e. The van der Waals surface area contributed by atoms with Gasteiger partial charge in [-0.25, -0.2) is 0 Å². The molecule has 1 saturated heterocycles. The number of hydrogen-bond acceptors (Lipinski definition) is 3. The first-order chi connectivity index (χ1) is 9.90. The van der Waals surface area contributed by atoms with Crippen molar-refractivity contribution in [3.05, 3.63) is 35.4 Å². The van der Waals surface area contributed by atoms with Crippen LogP contribution in [0.2, 0.25) is 0 Å². The second-order valence-corrected chi connectivity index (χ2v) is 5.30. The molecule has 1 heterocycles. The summed E-state index contributed by atoms with van der Waals surface area (Å²) in [6.07, 6.45) is -4.26. The maximum absolute atomic E-state index is 12.5. The lowest BCUT2D eigenvalue weighted by Gasteiger charge is -2.34. The van der Waals surface area contributed by atoms with Crippen molar-refractivity contribution >= 4 is 0 Å². The van der Waals surface area contributed by atoms with Crippen molar-refractivity contribution in [1.82, 2.24) is 4.90 Å². The number of ether oxygens (including phenoxy) is 1. The lowest BCUT2D eigenvalue weighted by Crippen LogP contribution is -2.42. The molecule has 2 rings (SSSR count). The molecule has 3 nitrogen and oxygen atoms in total. The van der Waals surface area contributed by atoms with Crippen LogP contribution in [-0.2, 0) is 10.9 Å². The van der Waals surface area contributed by atoms with Gasteiger partial charge in [-0.2, -0.15) is 13.2 Å². The third-order valence-corrected chi connectivity index (χ3v) is 3.70. The van der Waals surface area contributed by atoms with E-state index in [0.29, 0.717) is 26.1 Å². The molecule has 1 aromatic carbocycles. The number of morpholine rings is 1. The molecule has 1 aromatic rings. The minimum atomic E-state index is -4.32. The minimum absolute atomic E-state index is 0.245. The van der Waals surface area contributed by atoms with Gasteiger partial charge in [-0.1, -0.05) is 19.1 Å². The van der Waals surface area contributed by atoms with Crippen LogP contribution in [0.1, 0.15) is 30.6 Å². The van der Waals surface area contributed by atoms with Crippen LogP contribution in [0.25, 0.3) is 0 Å². The van der Waals surface area contributed by atoms with Crippen LogP contribution >= 0.6 is 0 Å². The summed E-state index contributed by atoms with van der Waals surface area (Å²) >= 11 is 0. The molecular weight excluding hydrogens is 283 g/mol. The van der Waals surface area contributed by atoms with E-state index in [1.165, 1.54) is 12.1 Å². The van der Waals surface area contributed by atoms with Crippen molar-refractivity contribution in [1.29, 1.82) is 0 Å². The zero-order valence-corrected chi connectivity index (χ0v) is 11.9. The molecule has 1 aliphatic heterocycles.